The first-order valence-electron chi connectivity index (χ1n) is 8.37. The molecule has 0 amide bonds. The number of benzene rings is 2. The van der Waals surface area contributed by atoms with Crippen molar-refractivity contribution in [3.05, 3.63) is 47.5 Å². The standard InChI is InChI=1S/C18H17ClN4O5S/c1-28-11-6-7-12(19)15(10-11)22-17-18(23-29(26,27)9-8-16(24)25)21-14-5-3-2-4-13(14)20-17/h2-7,10H,8-9H2,1H3,(H,20,22)(H,21,23)(H,24,25). The Morgan fingerprint density at radius 1 is 1.14 bits per heavy atom. The highest BCUT2D eigenvalue weighted by atomic mass is 35.5. The minimum atomic E-state index is -3.97. The topological polar surface area (TPSA) is 131 Å². The summed E-state index contributed by atoms with van der Waals surface area (Å²) in [5.74, 6) is -1.25. The summed E-state index contributed by atoms with van der Waals surface area (Å²) in [7, 11) is -2.46. The summed E-state index contributed by atoms with van der Waals surface area (Å²) < 4.78 is 32.1. The predicted octanol–water partition coefficient (Wildman–Crippen LogP) is 3.25. The van der Waals surface area contributed by atoms with Gasteiger partial charge < -0.3 is 15.2 Å². The van der Waals surface area contributed by atoms with Gasteiger partial charge in [-0.25, -0.2) is 18.4 Å². The first-order chi connectivity index (χ1) is 13.8. The summed E-state index contributed by atoms with van der Waals surface area (Å²) in [5.41, 5.74) is 1.43. The molecule has 0 spiro atoms. The number of nitrogens with one attached hydrogen (secondary N) is 2. The van der Waals surface area contributed by atoms with Crippen molar-refractivity contribution in [2.75, 3.05) is 22.9 Å². The molecule has 0 atom stereocenters. The number of aromatic nitrogens is 2. The molecule has 3 aromatic rings. The Bertz CT molecular complexity index is 1170. The van der Waals surface area contributed by atoms with Gasteiger partial charge in [-0.3, -0.25) is 9.52 Å². The number of carboxylic acid groups (broad SMARTS) is 1. The van der Waals surface area contributed by atoms with Gasteiger partial charge in [0.25, 0.3) is 0 Å². The number of sulfonamides is 1. The molecule has 0 saturated carbocycles. The number of carbonyl (C=O) groups is 1. The van der Waals surface area contributed by atoms with Crippen LogP contribution in [-0.4, -0.2) is 42.3 Å². The van der Waals surface area contributed by atoms with Gasteiger partial charge in [-0.15, -0.1) is 0 Å². The van der Waals surface area contributed by atoms with Crippen molar-refractivity contribution in [2.45, 2.75) is 6.42 Å². The van der Waals surface area contributed by atoms with Crippen LogP contribution in [0.3, 0.4) is 0 Å². The Kier molecular flexibility index (Phi) is 6.04. The van der Waals surface area contributed by atoms with Crippen LogP contribution in [-0.2, 0) is 14.8 Å². The zero-order valence-corrected chi connectivity index (χ0v) is 16.8. The smallest absolute Gasteiger partial charge is 0.304 e. The number of aliphatic carboxylic acids is 1. The highest BCUT2D eigenvalue weighted by molar-refractivity contribution is 7.92. The van der Waals surface area contributed by atoms with E-state index in [9.17, 15) is 13.2 Å². The van der Waals surface area contributed by atoms with E-state index in [0.29, 0.717) is 27.5 Å². The lowest BCUT2D eigenvalue weighted by Crippen LogP contribution is -2.20. The Labute approximate surface area is 171 Å². The van der Waals surface area contributed by atoms with Gasteiger partial charge in [0, 0.05) is 6.07 Å². The molecule has 11 heteroatoms. The maximum Gasteiger partial charge on any atom is 0.304 e. The van der Waals surface area contributed by atoms with Crippen LogP contribution in [0.5, 0.6) is 5.75 Å². The first kappa shape index (κ1) is 20.6. The van der Waals surface area contributed by atoms with E-state index in [2.05, 4.69) is 20.0 Å². The molecule has 9 nitrogen and oxygen atoms in total. The fraction of sp³-hybridized carbons (Fsp3) is 0.167. The molecule has 0 saturated heterocycles. The summed E-state index contributed by atoms with van der Waals surface area (Å²) >= 11 is 6.22. The number of rotatable bonds is 8. The quantitative estimate of drug-likeness (QED) is 0.490. The molecule has 0 radical (unpaired) electrons. The van der Waals surface area contributed by atoms with Crippen LogP contribution in [0.25, 0.3) is 11.0 Å². The Morgan fingerprint density at radius 3 is 2.41 bits per heavy atom. The molecule has 1 heterocycles. The number of anilines is 3. The second-order valence-corrected chi connectivity index (χ2v) is 8.19. The number of fused-ring (bicyclic) bond motifs is 1. The molecule has 1 aromatic heterocycles. The average Bonchev–Trinajstić information content (AvgIpc) is 2.68. The molecule has 0 fully saturated rings. The van der Waals surface area contributed by atoms with Gasteiger partial charge >= 0.3 is 5.97 Å². The second kappa shape index (κ2) is 8.50. The molecular formula is C18H17ClN4O5S. The highest BCUT2D eigenvalue weighted by Gasteiger charge is 2.18. The summed E-state index contributed by atoms with van der Waals surface area (Å²) in [6.07, 6.45) is -0.541. The Balaban J connectivity index is 2.03. The van der Waals surface area contributed by atoms with E-state index in [4.69, 9.17) is 21.4 Å². The van der Waals surface area contributed by atoms with E-state index in [1.54, 1.807) is 42.5 Å². The van der Waals surface area contributed by atoms with E-state index in [0.717, 1.165) is 0 Å². The first-order valence-corrected chi connectivity index (χ1v) is 10.4. The van der Waals surface area contributed by atoms with E-state index in [1.165, 1.54) is 7.11 Å². The van der Waals surface area contributed by atoms with Crippen molar-refractivity contribution >= 4 is 56.0 Å². The molecule has 3 N–H and O–H groups in total. The fourth-order valence-electron chi connectivity index (χ4n) is 2.43. The van der Waals surface area contributed by atoms with Gasteiger partial charge in [-0.2, -0.15) is 0 Å². The van der Waals surface area contributed by atoms with Gasteiger partial charge in [-0.05, 0) is 24.3 Å². The van der Waals surface area contributed by atoms with E-state index >= 15 is 0 Å². The number of carboxylic acids is 1. The van der Waals surface area contributed by atoms with Crippen LogP contribution in [0.15, 0.2) is 42.5 Å². The van der Waals surface area contributed by atoms with Gasteiger partial charge in [0.2, 0.25) is 10.0 Å². The van der Waals surface area contributed by atoms with Crippen LogP contribution in [0.2, 0.25) is 5.02 Å². The molecule has 152 valence electrons. The Hall–Kier alpha value is -3.11. The summed E-state index contributed by atoms with van der Waals surface area (Å²) in [6.45, 7) is 0. The highest BCUT2D eigenvalue weighted by Crippen LogP contribution is 2.32. The van der Waals surface area contributed by atoms with E-state index in [-0.39, 0.29) is 11.6 Å². The van der Waals surface area contributed by atoms with Gasteiger partial charge in [0.1, 0.15) is 5.75 Å². The summed E-state index contributed by atoms with van der Waals surface area (Å²) in [5, 5.41) is 12.1. The number of para-hydroxylation sites is 2. The number of hydrogen-bond donors (Lipinski definition) is 3. The van der Waals surface area contributed by atoms with Gasteiger partial charge in [-0.1, -0.05) is 23.7 Å². The third-order valence-electron chi connectivity index (χ3n) is 3.83. The molecule has 0 aliphatic rings. The zero-order chi connectivity index (χ0) is 21.0. The van der Waals surface area contributed by atoms with Crippen molar-refractivity contribution in [1.29, 1.82) is 0 Å². The molecule has 0 aliphatic heterocycles. The lowest BCUT2D eigenvalue weighted by atomic mass is 10.3. The van der Waals surface area contributed by atoms with Crippen LogP contribution in [0, 0.1) is 0 Å². The van der Waals surface area contributed by atoms with Crippen molar-refractivity contribution in [2.24, 2.45) is 0 Å². The number of halogens is 1. The second-order valence-electron chi connectivity index (χ2n) is 5.94. The average molecular weight is 437 g/mol. The van der Waals surface area contributed by atoms with Crippen molar-refractivity contribution in [3.63, 3.8) is 0 Å². The molecule has 0 aliphatic carbocycles. The van der Waals surface area contributed by atoms with Crippen molar-refractivity contribution in [3.8, 4) is 5.75 Å². The van der Waals surface area contributed by atoms with E-state index in [1.807, 2.05) is 0 Å². The largest absolute Gasteiger partial charge is 0.497 e. The molecule has 0 unspecified atom stereocenters. The molecule has 2 aromatic carbocycles. The van der Waals surface area contributed by atoms with Crippen molar-refractivity contribution in [1.82, 2.24) is 9.97 Å². The predicted molar refractivity (Wildman–Crippen MR) is 110 cm³/mol. The van der Waals surface area contributed by atoms with E-state index < -0.39 is 28.2 Å². The monoisotopic (exact) mass is 436 g/mol. The maximum absolute atomic E-state index is 12.3. The van der Waals surface area contributed by atoms with Crippen LogP contribution in [0.1, 0.15) is 6.42 Å². The normalized spacial score (nSPS) is 11.2. The minimum absolute atomic E-state index is 0.0759. The third kappa shape index (κ3) is 5.24. The lowest BCUT2D eigenvalue weighted by molar-refractivity contribution is -0.136. The Morgan fingerprint density at radius 2 is 1.79 bits per heavy atom. The molecule has 0 bridgehead atoms. The zero-order valence-electron chi connectivity index (χ0n) is 15.2. The molecule has 29 heavy (non-hydrogen) atoms. The van der Waals surface area contributed by atoms with Crippen LogP contribution < -0.4 is 14.8 Å². The lowest BCUT2D eigenvalue weighted by Gasteiger charge is -2.15. The SMILES string of the molecule is COc1ccc(Cl)c(Nc2nc3ccccc3nc2NS(=O)(=O)CCC(=O)O)c1. The number of hydrogen-bond acceptors (Lipinski definition) is 7. The third-order valence-corrected chi connectivity index (χ3v) is 5.41. The molecular weight excluding hydrogens is 420 g/mol. The maximum atomic E-state index is 12.3. The number of methoxy groups -OCH3 is 1. The fourth-order valence-corrected chi connectivity index (χ4v) is 3.58. The summed E-state index contributed by atoms with van der Waals surface area (Å²) in [4.78, 5) is 19.5. The summed E-state index contributed by atoms with van der Waals surface area (Å²) in [6, 6.07) is 11.8. The van der Waals surface area contributed by atoms with Gasteiger partial charge in [0.15, 0.2) is 11.6 Å². The van der Waals surface area contributed by atoms with Gasteiger partial charge in [0.05, 0.1) is 41.0 Å². The van der Waals surface area contributed by atoms with Crippen LogP contribution in [0.4, 0.5) is 17.3 Å². The number of nitrogens with zero attached hydrogens (tertiary/aromatic N) is 2. The van der Waals surface area contributed by atoms with Crippen molar-refractivity contribution < 1.29 is 23.1 Å². The number of ether oxygens (including phenoxy) is 1. The minimum Gasteiger partial charge on any atom is -0.497 e. The van der Waals surface area contributed by atoms with Crippen LogP contribution >= 0.6 is 11.6 Å². The molecule has 3 rings (SSSR count).